The lowest BCUT2D eigenvalue weighted by Crippen LogP contribution is -2.52. The summed E-state index contributed by atoms with van der Waals surface area (Å²) in [6, 6.07) is 6.68. The summed E-state index contributed by atoms with van der Waals surface area (Å²) in [4.78, 5) is 35.5. The number of piperazine rings is 1. The SMILES string of the molecule is Cc1cccc(N2CCN(C(=O)CN3C[C@@H]4CC[C@H](CC3=O)N4)CC2)n1. The molecule has 0 saturated carbocycles. The van der Waals surface area contributed by atoms with Crippen LogP contribution in [0.2, 0.25) is 0 Å². The van der Waals surface area contributed by atoms with Crippen molar-refractivity contribution >= 4 is 17.6 Å². The van der Waals surface area contributed by atoms with Crippen LogP contribution >= 0.6 is 0 Å². The molecule has 26 heavy (non-hydrogen) atoms. The highest BCUT2D eigenvalue weighted by molar-refractivity contribution is 5.85. The molecule has 4 heterocycles. The van der Waals surface area contributed by atoms with E-state index in [-0.39, 0.29) is 18.4 Å². The second kappa shape index (κ2) is 7.23. The van der Waals surface area contributed by atoms with Crippen LogP contribution in [-0.2, 0) is 9.59 Å². The van der Waals surface area contributed by atoms with Crippen LogP contribution in [-0.4, -0.2) is 78.0 Å². The predicted molar refractivity (Wildman–Crippen MR) is 98.9 cm³/mol. The number of carbonyl (C=O) groups is 2. The average molecular weight is 357 g/mol. The minimum atomic E-state index is 0.0629. The number of fused-ring (bicyclic) bond motifs is 2. The number of pyridine rings is 1. The second-order valence-corrected chi connectivity index (χ2v) is 7.62. The first-order valence-electron chi connectivity index (χ1n) is 9.59. The monoisotopic (exact) mass is 357 g/mol. The van der Waals surface area contributed by atoms with Gasteiger partial charge < -0.3 is 20.0 Å². The summed E-state index contributed by atoms with van der Waals surface area (Å²) in [5, 5.41) is 3.49. The normalized spacial score (nSPS) is 26.2. The van der Waals surface area contributed by atoms with E-state index < -0.39 is 0 Å². The Bertz CT molecular complexity index is 686. The standard InChI is InChI=1S/C19H27N5O2/c1-14-3-2-4-17(20-14)22-7-9-23(10-8-22)19(26)13-24-12-16-6-5-15(21-16)11-18(24)25/h2-4,15-16,21H,5-13H2,1H3/t15-,16+/m1/s1. The molecule has 0 aliphatic carbocycles. The van der Waals surface area contributed by atoms with Crippen molar-refractivity contribution in [3.05, 3.63) is 23.9 Å². The molecule has 7 heteroatoms. The maximum absolute atomic E-state index is 12.7. The van der Waals surface area contributed by atoms with E-state index in [0.29, 0.717) is 38.1 Å². The lowest BCUT2D eigenvalue weighted by molar-refractivity contribution is -0.140. The van der Waals surface area contributed by atoms with Crippen LogP contribution in [0, 0.1) is 6.92 Å². The van der Waals surface area contributed by atoms with Crippen molar-refractivity contribution in [1.82, 2.24) is 20.1 Å². The van der Waals surface area contributed by atoms with Gasteiger partial charge in [-0.15, -0.1) is 0 Å². The summed E-state index contributed by atoms with van der Waals surface area (Å²) in [6.07, 6.45) is 2.70. The van der Waals surface area contributed by atoms with Crippen molar-refractivity contribution < 1.29 is 9.59 Å². The van der Waals surface area contributed by atoms with Gasteiger partial charge in [-0.25, -0.2) is 4.98 Å². The number of hydrogen-bond acceptors (Lipinski definition) is 5. The third kappa shape index (κ3) is 3.67. The molecule has 2 amide bonds. The molecule has 3 aliphatic rings. The first-order chi connectivity index (χ1) is 12.6. The first kappa shape index (κ1) is 17.3. The van der Waals surface area contributed by atoms with E-state index in [4.69, 9.17) is 0 Å². The summed E-state index contributed by atoms with van der Waals surface area (Å²) in [6.45, 7) is 5.79. The Kier molecular flexibility index (Phi) is 4.80. The molecule has 2 bridgehead atoms. The van der Waals surface area contributed by atoms with Crippen molar-refractivity contribution in [3.63, 3.8) is 0 Å². The van der Waals surface area contributed by atoms with E-state index in [0.717, 1.165) is 37.4 Å². The summed E-state index contributed by atoms with van der Waals surface area (Å²) in [5.41, 5.74) is 1.00. The van der Waals surface area contributed by atoms with Gasteiger partial charge in [0.2, 0.25) is 11.8 Å². The topological polar surface area (TPSA) is 68.8 Å². The zero-order chi connectivity index (χ0) is 18.1. The molecule has 1 aromatic heterocycles. The Labute approximate surface area is 154 Å². The molecule has 7 nitrogen and oxygen atoms in total. The van der Waals surface area contributed by atoms with Gasteiger partial charge in [-0.2, -0.15) is 0 Å². The number of aromatic nitrogens is 1. The highest BCUT2D eigenvalue weighted by Crippen LogP contribution is 2.21. The molecular formula is C19H27N5O2. The number of rotatable bonds is 3. The summed E-state index contributed by atoms with van der Waals surface area (Å²) in [7, 11) is 0. The molecule has 0 aromatic carbocycles. The van der Waals surface area contributed by atoms with E-state index in [1.807, 2.05) is 30.0 Å². The third-order valence-corrected chi connectivity index (χ3v) is 5.71. The molecule has 3 saturated heterocycles. The van der Waals surface area contributed by atoms with Crippen LogP contribution in [0.1, 0.15) is 25.0 Å². The molecule has 1 aromatic rings. The lowest BCUT2D eigenvalue weighted by Gasteiger charge is -2.36. The van der Waals surface area contributed by atoms with Crippen molar-refractivity contribution in [1.29, 1.82) is 0 Å². The lowest BCUT2D eigenvalue weighted by atomic mass is 10.1. The Morgan fingerprint density at radius 3 is 2.73 bits per heavy atom. The molecule has 2 atom stereocenters. The van der Waals surface area contributed by atoms with Crippen LogP contribution in [0.4, 0.5) is 5.82 Å². The quantitative estimate of drug-likeness (QED) is 0.848. The van der Waals surface area contributed by atoms with Crippen LogP contribution in [0.15, 0.2) is 18.2 Å². The first-order valence-corrected chi connectivity index (χ1v) is 9.59. The zero-order valence-electron chi connectivity index (χ0n) is 15.4. The molecule has 0 unspecified atom stereocenters. The maximum atomic E-state index is 12.7. The number of nitrogens with zero attached hydrogens (tertiary/aromatic N) is 4. The number of amides is 2. The summed E-state index contributed by atoms with van der Waals surface area (Å²) in [5.74, 6) is 1.15. The zero-order valence-corrected chi connectivity index (χ0v) is 15.4. The van der Waals surface area contributed by atoms with Gasteiger partial charge in [0.25, 0.3) is 0 Å². The van der Waals surface area contributed by atoms with Gasteiger partial charge in [-0.1, -0.05) is 6.07 Å². The number of anilines is 1. The third-order valence-electron chi connectivity index (χ3n) is 5.71. The van der Waals surface area contributed by atoms with Gasteiger partial charge >= 0.3 is 0 Å². The number of hydrogen-bond donors (Lipinski definition) is 1. The molecule has 140 valence electrons. The highest BCUT2D eigenvalue weighted by atomic mass is 16.2. The molecule has 0 radical (unpaired) electrons. The Balaban J connectivity index is 1.31. The number of carbonyl (C=O) groups excluding carboxylic acids is 2. The van der Waals surface area contributed by atoms with E-state index in [1.165, 1.54) is 0 Å². The summed E-state index contributed by atoms with van der Waals surface area (Å²) < 4.78 is 0. The van der Waals surface area contributed by atoms with Crippen molar-refractivity contribution in [2.45, 2.75) is 38.3 Å². The largest absolute Gasteiger partial charge is 0.353 e. The van der Waals surface area contributed by atoms with E-state index >= 15 is 0 Å². The van der Waals surface area contributed by atoms with Crippen LogP contribution in [0.25, 0.3) is 0 Å². The predicted octanol–water partition coefficient (Wildman–Crippen LogP) is 0.392. The molecule has 0 spiro atoms. The molecule has 3 aliphatic heterocycles. The van der Waals surface area contributed by atoms with Gasteiger partial charge in [0.15, 0.2) is 0 Å². The van der Waals surface area contributed by atoms with Gasteiger partial charge in [0.1, 0.15) is 5.82 Å². The van der Waals surface area contributed by atoms with E-state index in [2.05, 4.69) is 15.2 Å². The molecular weight excluding hydrogens is 330 g/mol. The molecule has 4 rings (SSSR count). The van der Waals surface area contributed by atoms with E-state index in [1.54, 1.807) is 4.90 Å². The minimum Gasteiger partial charge on any atom is -0.353 e. The van der Waals surface area contributed by atoms with Crippen LogP contribution in [0.3, 0.4) is 0 Å². The summed E-state index contributed by atoms with van der Waals surface area (Å²) >= 11 is 0. The molecule has 1 N–H and O–H groups in total. The van der Waals surface area contributed by atoms with Crippen molar-refractivity contribution in [2.75, 3.05) is 44.2 Å². The number of likely N-dealkylation sites (tertiary alicyclic amines) is 1. The smallest absolute Gasteiger partial charge is 0.242 e. The van der Waals surface area contributed by atoms with Crippen molar-refractivity contribution in [3.8, 4) is 0 Å². The Hall–Kier alpha value is -2.15. The fourth-order valence-electron chi connectivity index (χ4n) is 4.22. The van der Waals surface area contributed by atoms with Gasteiger partial charge in [-0.3, -0.25) is 9.59 Å². The highest BCUT2D eigenvalue weighted by Gasteiger charge is 2.35. The fourth-order valence-corrected chi connectivity index (χ4v) is 4.22. The van der Waals surface area contributed by atoms with Gasteiger partial charge in [-0.05, 0) is 31.9 Å². The Morgan fingerprint density at radius 2 is 1.96 bits per heavy atom. The van der Waals surface area contributed by atoms with Gasteiger partial charge in [0.05, 0.1) is 6.54 Å². The number of nitrogens with one attached hydrogen (secondary N) is 1. The van der Waals surface area contributed by atoms with E-state index in [9.17, 15) is 9.59 Å². The van der Waals surface area contributed by atoms with Gasteiger partial charge in [0, 0.05) is 56.9 Å². The Morgan fingerprint density at radius 1 is 1.19 bits per heavy atom. The van der Waals surface area contributed by atoms with Crippen LogP contribution < -0.4 is 10.2 Å². The second-order valence-electron chi connectivity index (χ2n) is 7.62. The van der Waals surface area contributed by atoms with Crippen LogP contribution in [0.5, 0.6) is 0 Å². The fraction of sp³-hybridized carbons (Fsp3) is 0.632. The minimum absolute atomic E-state index is 0.0629. The number of aryl methyl sites for hydroxylation is 1. The maximum Gasteiger partial charge on any atom is 0.242 e. The molecule has 3 fully saturated rings. The van der Waals surface area contributed by atoms with Crippen molar-refractivity contribution in [2.24, 2.45) is 0 Å². The average Bonchev–Trinajstić information content (AvgIpc) is 3.01.